The van der Waals surface area contributed by atoms with E-state index in [9.17, 15) is 9.59 Å². The van der Waals surface area contributed by atoms with Gasteiger partial charge in [-0.2, -0.15) is 0 Å². The van der Waals surface area contributed by atoms with Crippen LogP contribution >= 0.6 is 0 Å². The highest BCUT2D eigenvalue weighted by molar-refractivity contribution is 6.07. The summed E-state index contributed by atoms with van der Waals surface area (Å²) in [5.74, 6) is 0.478. The van der Waals surface area contributed by atoms with Crippen LogP contribution in [-0.2, 0) is 0 Å². The Morgan fingerprint density at radius 2 is 1.68 bits per heavy atom. The summed E-state index contributed by atoms with van der Waals surface area (Å²) < 4.78 is 10.6. The van der Waals surface area contributed by atoms with Gasteiger partial charge in [-0.05, 0) is 36.4 Å². The van der Waals surface area contributed by atoms with Crippen molar-refractivity contribution in [1.82, 2.24) is 4.98 Å². The number of nitrogens with one attached hydrogen (secondary N) is 1. The standard InChI is InChI=1S/C21H17N3O4/c1-24(15-6-3-2-4-7-15)21(26)17-9-5-8-16(23-17)20(25)22-14-10-11-18-19(12-14)28-13-27-18/h2-12H,13H2,1H3,(H,22,25). The second-order valence-corrected chi connectivity index (χ2v) is 6.13. The Morgan fingerprint density at radius 3 is 2.50 bits per heavy atom. The van der Waals surface area contributed by atoms with Crippen LogP contribution in [0.3, 0.4) is 0 Å². The van der Waals surface area contributed by atoms with Gasteiger partial charge in [-0.25, -0.2) is 4.98 Å². The number of pyridine rings is 1. The fraction of sp³-hybridized carbons (Fsp3) is 0.0952. The third kappa shape index (κ3) is 3.50. The predicted molar refractivity (Wildman–Crippen MR) is 104 cm³/mol. The smallest absolute Gasteiger partial charge is 0.276 e. The van der Waals surface area contributed by atoms with Crippen molar-refractivity contribution in [3.8, 4) is 11.5 Å². The van der Waals surface area contributed by atoms with Crippen molar-refractivity contribution in [3.05, 3.63) is 78.1 Å². The molecule has 0 radical (unpaired) electrons. The van der Waals surface area contributed by atoms with Crippen LogP contribution in [0, 0.1) is 0 Å². The van der Waals surface area contributed by atoms with Crippen molar-refractivity contribution in [2.75, 3.05) is 24.1 Å². The predicted octanol–water partition coefficient (Wildman–Crippen LogP) is 3.34. The molecule has 0 saturated carbocycles. The molecule has 0 aliphatic carbocycles. The van der Waals surface area contributed by atoms with E-state index in [2.05, 4.69) is 10.3 Å². The molecule has 1 N–H and O–H groups in total. The first-order chi connectivity index (χ1) is 13.6. The van der Waals surface area contributed by atoms with Gasteiger partial charge >= 0.3 is 0 Å². The summed E-state index contributed by atoms with van der Waals surface area (Å²) >= 11 is 0. The number of anilines is 2. The van der Waals surface area contributed by atoms with Gasteiger partial charge in [0.05, 0.1) is 0 Å². The first-order valence-corrected chi connectivity index (χ1v) is 8.63. The van der Waals surface area contributed by atoms with Crippen LogP contribution in [0.25, 0.3) is 0 Å². The summed E-state index contributed by atoms with van der Waals surface area (Å²) in [5.41, 5.74) is 1.62. The zero-order valence-corrected chi connectivity index (χ0v) is 15.1. The summed E-state index contributed by atoms with van der Waals surface area (Å²) in [4.78, 5) is 31.0. The Balaban J connectivity index is 1.51. The fourth-order valence-electron chi connectivity index (χ4n) is 2.79. The van der Waals surface area contributed by atoms with E-state index in [0.717, 1.165) is 5.69 Å². The van der Waals surface area contributed by atoms with Gasteiger partial charge in [0.25, 0.3) is 11.8 Å². The van der Waals surface area contributed by atoms with E-state index in [4.69, 9.17) is 9.47 Å². The van der Waals surface area contributed by atoms with Gasteiger partial charge in [0, 0.05) is 24.5 Å². The van der Waals surface area contributed by atoms with Gasteiger partial charge in [0.15, 0.2) is 11.5 Å². The van der Waals surface area contributed by atoms with Crippen molar-refractivity contribution < 1.29 is 19.1 Å². The van der Waals surface area contributed by atoms with Crippen LogP contribution < -0.4 is 19.7 Å². The molecule has 28 heavy (non-hydrogen) atoms. The number of carbonyl (C=O) groups excluding carboxylic acids is 2. The molecule has 0 atom stereocenters. The summed E-state index contributed by atoms with van der Waals surface area (Å²) in [6, 6.07) is 19.1. The first kappa shape index (κ1) is 17.5. The molecule has 2 aromatic carbocycles. The molecule has 0 spiro atoms. The Bertz CT molecular complexity index is 1040. The molecule has 4 rings (SSSR count). The van der Waals surface area contributed by atoms with E-state index in [0.29, 0.717) is 17.2 Å². The monoisotopic (exact) mass is 375 g/mol. The number of ether oxygens (including phenoxy) is 2. The molecule has 3 aromatic rings. The molecule has 0 fully saturated rings. The maximum Gasteiger partial charge on any atom is 0.276 e. The number of hydrogen-bond donors (Lipinski definition) is 1. The summed E-state index contributed by atoms with van der Waals surface area (Å²) in [7, 11) is 1.67. The molecule has 140 valence electrons. The molecular weight excluding hydrogens is 358 g/mol. The number of fused-ring (bicyclic) bond motifs is 1. The topological polar surface area (TPSA) is 80.8 Å². The van der Waals surface area contributed by atoms with E-state index in [1.807, 2.05) is 30.3 Å². The van der Waals surface area contributed by atoms with Crippen molar-refractivity contribution in [2.45, 2.75) is 0 Å². The highest BCUT2D eigenvalue weighted by Gasteiger charge is 2.18. The lowest BCUT2D eigenvalue weighted by Gasteiger charge is -2.17. The van der Waals surface area contributed by atoms with Gasteiger partial charge in [-0.1, -0.05) is 24.3 Å². The molecule has 1 aromatic heterocycles. The van der Waals surface area contributed by atoms with Gasteiger partial charge in [-0.15, -0.1) is 0 Å². The normalized spacial score (nSPS) is 11.8. The first-order valence-electron chi connectivity index (χ1n) is 8.63. The van der Waals surface area contributed by atoms with Crippen LogP contribution in [0.15, 0.2) is 66.7 Å². The molecule has 0 bridgehead atoms. The van der Waals surface area contributed by atoms with Gasteiger partial charge in [0.2, 0.25) is 6.79 Å². The molecular formula is C21H17N3O4. The highest BCUT2D eigenvalue weighted by Crippen LogP contribution is 2.34. The summed E-state index contributed by atoms with van der Waals surface area (Å²) in [6.45, 7) is 0.160. The Kier molecular flexibility index (Phi) is 4.63. The Labute approximate surface area is 161 Å². The number of nitrogens with zero attached hydrogens (tertiary/aromatic N) is 2. The number of amides is 2. The van der Waals surface area contributed by atoms with Gasteiger partial charge in [0.1, 0.15) is 11.4 Å². The minimum atomic E-state index is -0.420. The van der Waals surface area contributed by atoms with Crippen molar-refractivity contribution >= 4 is 23.2 Å². The third-order valence-electron chi connectivity index (χ3n) is 4.28. The minimum Gasteiger partial charge on any atom is -0.454 e. The number of hydrogen-bond acceptors (Lipinski definition) is 5. The van der Waals surface area contributed by atoms with E-state index >= 15 is 0 Å². The Morgan fingerprint density at radius 1 is 0.929 bits per heavy atom. The van der Waals surface area contributed by atoms with Crippen LogP contribution in [0.1, 0.15) is 21.0 Å². The lowest BCUT2D eigenvalue weighted by Crippen LogP contribution is -2.27. The number of benzene rings is 2. The highest BCUT2D eigenvalue weighted by atomic mass is 16.7. The third-order valence-corrected chi connectivity index (χ3v) is 4.28. The second-order valence-electron chi connectivity index (χ2n) is 6.13. The van der Waals surface area contributed by atoms with Crippen LogP contribution in [0.5, 0.6) is 11.5 Å². The average molecular weight is 375 g/mol. The van der Waals surface area contributed by atoms with Crippen molar-refractivity contribution in [1.29, 1.82) is 0 Å². The molecule has 2 amide bonds. The number of aromatic nitrogens is 1. The van der Waals surface area contributed by atoms with Crippen LogP contribution in [0.4, 0.5) is 11.4 Å². The van der Waals surface area contributed by atoms with E-state index in [-0.39, 0.29) is 24.1 Å². The lowest BCUT2D eigenvalue weighted by molar-refractivity contribution is 0.0988. The molecule has 2 heterocycles. The van der Waals surface area contributed by atoms with E-state index in [1.54, 1.807) is 43.4 Å². The molecule has 0 unspecified atom stereocenters. The second kappa shape index (κ2) is 7.40. The fourth-order valence-corrected chi connectivity index (χ4v) is 2.79. The van der Waals surface area contributed by atoms with E-state index in [1.165, 1.54) is 4.90 Å². The van der Waals surface area contributed by atoms with Crippen LogP contribution in [-0.4, -0.2) is 30.6 Å². The average Bonchev–Trinajstić information content (AvgIpc) is 3.21. The maximum atomic E-state index is 12.7. The molecule has 7 nitrogen and oxygen atoms in total. The number of rotatable bonds is 4. The summed E-state index contributed by atoms with van der Waals surface area (Å²) in [6.07, 6.45) is 0. The summed E-state index contributed by atoms with van der Waals surface area (Å²) in [5, 5.41) is 2.75. The molecule has 7 heteroatoms. The lowest BCUT2D eigenvalue weighted by atomic mass is 10.2. The van der Waals surface area contributed by atoms with Crippen molar-refractivity contribution in [2.24, 2.45) is 0 Å². The SMILES string of the molecule is CN(C(=O)c1cccc(C(=O)Nc2ccc3c(c2)OCO3)n1)c1ccccc1. The zero-order chi connectivity index (χ0) is 19.5. The van der Waals surface area contributed by atoms with Gasteiger partial charge in [-0.3, -0.25) is 9.59 Å². The minimum absolute atomic E-state index is 0.143. The number of carbonyl (C=O) groups is 2. The largest absolute Gasteiger partial charge is 0.454 e. The molecule has 1 aliphatic heterocycles. The maximum absolute atomic E-state index is 12.7. The van der Waals surface area contributed by atoms with Crippen molar-refractivity contribution in [3.63, 3.8) is 0 Å². The number of para-hydroxylation sites is 1. The molecule has 1 aliphatic rings. The quantitative estimate of drug-likeness (QED) is 0.756. The molecule has 0 saturated heterocycles. The van der Waals surface area contributed by atoms with Gasteiger partial charge < -0.3 is 19.7 Å². The van der Waals surface area contributed by atoms with E-state index < -0.39 is 5.91 Å². The zero-order valence-electron chi connectivity index (χ0n) is 15.1. The van der Waals surface area contributed by atoms with Crippen LogP contribution in [0.2, 0.25) is 0 Å². The Hall–Kier alpha value is -3.87.